The summed E-state index contributed by atoms with van der Waals surface area (Å²) >= 11 is 0. The minimum atomic E-state index is -3.32. The van der Waals surface area contributed by atoms with E-state index in [0.717, 1.165) is 17.8 Å². The summed E-state index contributed by atoms with van der Waals surface area (Å²) < 4.78 is 26.6. The van der Waals surface area contributed by atoms with Crippen LogP contribution in [-0.4, -0.2) is 31.9 Å². The van der Waals surface area contributed by atoms with Crippen LogP contribution in [-0.2, 0) is 10.0 Å². The van der Waals surface area contributed by atoms with Crippen LogP contribution in [0.4, 0.5) is 0 Å². The van der Waals surface area contributed by atoms with E-state index < -0.39 is 10.0 Å². The molecule has 0 spiro atoms. The fourth-order valence-electron chi connectivity index (χ4n) is 5.28. The Morgan fingerprint density at radius 3 is 2.05 bits per heavy atom. The second-order valence-electron chi connectivity index (χ2n) is 7.16. The van der Waals surface area contributed by atoms with Gasteiger partial charge in [-0.1, -0.05) is 0 Å². The van der Waals surface area contributed by atoms with Crippen molar-refractivity contribution in [1.82, 2.24) is 4.72 Å². The predicted octanol–water partition coefficient (Wildman–Crippen LogP) is 1.50. The third kappa shape index (κ3) is 2.57. The lowest BCUT2D eigenvalue weighted by Gasteiger charge is -2.59. The van der Waals surface area contributed by atoms with Crippen molar-refractivity contribution in [1.29, 1.82) is 0 Å². The molecule has 0 aliphatic heterocycles. The molecule has 4 aliphatic carbocycles. The average molecular weight is 287 g/mol. The molecule has 0 aromatic heterocycles. The first-order chi connectivity index (χ1) is 8.92. The first-order valence-corrected chi connectivity index (χ1v) is 9.18. The zero-order chi connectivity index (χ0) is 13.7. The summed E-state index contributed by atoms with van der Waals surface area (Å²) in [4.78, 5) is 0. The van der Waals surface area contributed by atoms with Gasteiger partial charge in [0, 0.05) is 6.04 Å². The van der Waals surface area contributed by atoms with E-state index in [0.29, 0.717) is 0 Å². The molecular formula is C14H25NO3S. The zero-order valence-electron chi connectivity index (χ0n) is 11.6. The SMILES string of the molecule is CC(NS(=O)(=O)CCO)C12CC3CC(CC(C3)C1)C2. The number of nitrogens with one attached hydrogen (secondary N) is 1. The van der Waals surface area contributed by atoms with Crippen molar-refractivity contribution in [2.75, 3.05) is 12.4 Å². The Morgan fingerprint density at radius 2 is 1.63 bits per heavy atom. The normalized spacial score (nSPS) is 42.5. The molecule has 0 saturated heterocycles. The van der Waals surface area contributed by atoms with E-state index in [1.54, 1.807) is 0 Å². The molecule has 110 valence electrons. The lowest BCUT2D eigenvalue weighted by Crippen LogP contribution is -2.56. The Bertz CT molecular complexity index is 410. The lowest BCUT2D eigenvalue weighted by molar-refractivity contribution is -0.0666. The molecule has 4 nitrogen and oxygen atoms in total. The first kappa shape index (κ1) is 13.8. The van der Waals surface area contributed by atoms with Crippen LogP contribution in [0.1, 0.15) is 45.4 Å². The average Bonchev–Trinajstić information content (AvgIpc) is 2.25. The first-order valence-electron chi connectivity index (χ1n) is 7.53. The topological polar surface area (TPSA) is 66.4 Å². The summed E-state index contributed by atoms with van der Waals surface area (Å²) in [5, 5.41) is 8.83. The fraction of sp³-hybridized carbons (Fsp3) is 1.00. The standard InChI is InChI=1S/C14H25NO3S/c1-10(15-19(17,18)3-2-16)14-7-11-4-12(8-14)6-13(5-11)9-14/h10-13,15-16H,2-9H2,1H3. The van der Waals surface area contributed by atoms with E-state index >= 15 is 0 Å². The van der Waals surface area contributed by atoms with E-state index in [4.69, 9.17) is 5.11 Å². The summed E-state index contributed by atoms with van der Waals surface area (Å²) in [7, 11) is -3.32. The molecule has 4 bridgehead atoms. The zero-order valence-corrected chi connectivity index (χ0v) is 12.5. The number of aliphatic hydroxyl groups excluding tert-OH is 1. The largest absolute Gasteiger partial charge is 0.395 e. The monoisotopic (exact) mass is 287 g/mol. The number of hydrogen-bond donors (Lipinski definition) is 2. The van der Waals surface area contributed by atoms with E-state index in [2.05, 4.69) is 4.72 Å². The highest BCUT2D eigenvalue weighted by Gasteiger charge is 2.53. The molecule has 4 aliphatic rings. The van der Waals surface area contributed by atoms with E-state index in [1.807, 2.05) is 6.92 Å². The van der Waals surface area contributed by atoms with E-state index in [9.17, 15) is 8.42 Å². The van der Waals surface area contributed by atoms with Gasteiger partial charge in [-0.25, -0.2) is 13.1 Å². The van der Waals surface area contributed by atoms with Gasteiger partial charge in [0.05, 0.1) is 12.4 Å². The molecule has 5 heteroatoms. The van der Waals surface area contributed by atoms with Crippen molar-refractivity contribution in [3.63, 3.8) is 0 Å². The van der Waals surface area contributed by atoms with Crippen molar-refractivity contribution in [3.8, 4) is 0 Å². The second kappa shape index (κ2) is 4.71. The Labute approximate surface area is 116 Å². The van der Waals surface area contributed by atoms with Crippen LogP contribution in [0.2, 0.25) is 0 Å². The quantitative estimate of drug-likeness (QED) is 0.805. The van der Waals surface area contributed by atoms with Crippen LogP contribution >= 0.6 is 0 Å². The van der Waals surface area contributed by atoms with Crippen molar-refractivity contribution in [2.45, 2.75) is 51.5 Å². The molecule has 0 radical (unpaired) electrons. The smallest absolute Gasteiger partial charge is 0.214 e. The third-order valence-electron chi connectivity index (χ3n) is 5.72. The Balaban J connectivity index is 1.74. The maximum Gasteiger partial charge on any atom is 0.214 e. The van der Waals surface area contributed by atoms with Crippen molar-refractivity contribution in [3.05, 3.63) is 0 Å². The summed E-state index contributed by atoms with van der Waals surface area (Å²) in [5.41, 5.74) is 0.192. The number of sulfonamides is 1. The van der Waals surface area contributed by atoms with Gasteiger partial charge in [0.1, 0.15) is 0 Å². The molecule has 0 aromatic rings. The van der Waals surface area contributed by atoms with Crippen LogP contribution in [0.15, 0.2) is 0 Å². The Kier molecular flexibility index (Phi) is 3.43. The number of hydrogen-bond acceptors (Lipinski definition) is 3. The van der Waals surface area contributed by atoms with Gasteiger partial charge in [-0.2, -0.15) is 0 Å². The summed E-state index contributed by atoms with van der Waals surface area (Å²) in [6.45, 7) is 1.73. The molecule has 19 heavy (non-hydrogen) atoms. The summed E-state index contributed by atoms with van der Waals surface area (Å²) in [5.74, 6) is 2.31. The van der Waals surface area contributed by atoms with Crippen LogP contribution in [0, 0.1) is 23.2 Å². The highest BCUT2D eigenvalue weighted by molar-refractivity contribution is 7.89. The lowest BCUT2D eigenvalue weighted by atomic mass is 9.48. The van der Waals surface area contributed by atoms with Crippen LogP contribution in [0.5, 0.6) is 0 Å². The minimum Gasteiger partial charge on any atom is -0.395 e. The summed E-state index contributed by atoms with van der Waals surface area (Å²) in [6, 6.07) is 0.0115. The van der Waals surface area contributed by atoms with Gasteiger partial charge >= 0.3 is 0 Å². The predicted molar refractivity (Wildman–Crippen MR) is 74.1 cm³/mol. The highest BCUT2D eigenvalue weighted by atomic mass is 32.2. The second-order valence-corrected chi connectivity index (χ2v) is 9.04. The van der Waals surface area contributed by atoms with E-state index in [1.165, 1.54) is 38.5 Å². The Hall–Kier alpha value is -0.130. The van der Waals surface area contributed by atoms with Crippen molar-refractivity contribution >= 4 is 10.0 Å². The molecular weight excluding hydrogens is 262 g/mol. The molecule has 1 atom stereocenters. The minimum absolute atomic E-state index is 0.0115. The maximum atomic E-state index is 11.9. The number of rotatable bonds is 5. The molecule has 4 rings (SSSR count). The molecule has 4 saturated carbocycles. The van der Waals surface area contributed by atoms with Crippen molar-refractivity contribution in [2.24, 2.45) is 23.2 Å². The van der Waals surface area contributed by atoms with Crippen LogP contribution < -0.4 is 4.72 Å². The molecule has 0 heterocycles. The van der Waals surface area contributed by atoms with Gasteiger partial charge in [-0.3, -0.25) is 0 Å². The molecule has 4 fully saturated rings. The van der Waals surface area contributed by atoms with Crippen LogP contribution in [0.25, 0.3) is 0 Å². The molecule has 0 aromatic carbocycles. The van der Waals surface area contributed by atoms with Gasteiger partial charge in [-0.15, -0.1) is 0 Å². The molecule has 2 N–H and O–H groups in total. The van der Waals surface area contributed by atoms with E-state index in [-0.39, 0.29) is 23.8 Å². The van der Waals surface area contributed by atoms with Gasteiger partial charge in [0.2, 0.25) is 10.0 Å². The Morgan fingerprint density at radius 1 is 1.16 bits per heavy atom. The summed E-state index contributed by atoms with van der Waals surface area (Å²) in [6.07, 6.45) is 7.70. The van der Waals surface area contributed by atoms with Crippen LogP contribution in [0.3, 0.4) is 0 Å². The van der Waals surface area contributed by atoms with Gasteiger partial charge in [-0.05, 0) is 68.6 Å². The fourth-order valence-corrected chi connectivity index (χ4v) is 6.43. The molecule has 1 unspecified atom stereocenters. The van der Waals surface area contributed by atoms with Gasteiger partial charge in [0.15, 0.2) is 0 Å². The maximum absolute atomic E-state index is 11.9. The van der Waals surface area contributed by atoms with Gasteiger partial charge in [0.25, 0.3) is 0 Å². The van der Waals surface area contributed by atoms with Gasteiger partial charge < -0.3 is 5.11 Å². The van der Waals surface area contributed by atoms with Crippen molar-refractivity contribution < 1.29 is 13.5 Å². The molecule has 0 amide bonds. The number of aliphatic hydroxyl groups is 1. The third-order valence-corrected chi connectivity index (χ3v) is 7.15. The highest BCUT2D eigenvalue weighted by Crippen LogP contribution is 2.61.